The van der Waals surface area contributed by atoms with Gasteiger partial charge >= 0.3 is 0 Å². The molecule has 3 heteroatoms. The van der Waals surface area contributed by atoms with Gasteiger partial charge in [-0.2, -0.15) is 0 Å². The fourth-order valence-electron chi connectivity index (χ4n) is 7.90. The molecule has 2 nitrogen and oxygen atoms in total. The van der Waals surface area contributed by atoms with Crippen molar-refractivity contribution in [3.05, 3.63) is 168 Å². The van der Waals surface area contributed by atoms with Crippen molar-refractivity contribution in [2.24, 2.45) is 0 Å². The molecule has 2 unspecified atom stereocenters. The molecule has 0 bridgehead atoms. The van der Waals surface area contributed by atoms with E-state index >= 15 is 0 Å². The minimum absolute atomic E-state index is 0.131. The summed E-state index contributed by atoms with van der Waals surface area (Å²) in [6.45, 7) is 0. The summed E-state index contributed by atoms with van der Waals surface area (Å²) in [6.07, 6.45) is 4.82. The number of anilines is 2. The Morgan fingerprint density at radius 2 is 1.36 bits per heavy atom. The smallest absolute Gasteiger partial charge is 0.0856 e. The predicted molar refractivity (Wildman–Crippen MR) is 191 cm³/mol. The highest BCUT2D eigenvalue weighted by Gasteiger charge is 2.44. The van der Waals surface area contributed by atoms with Gasteiger partial charge in [-0.15, -0.1) is 11.3 Å². The third-order valence-electron chi connectivity index (χ3n) is 9.73. The molecule has 0 N–H and O–H groups in total. The number of aromatic nitrogens is 1. The molecule has 6 aromatic carbocycles. The summed E-state index contributed by atoms with van der Waals surface area (Å²) in [5.41, 5.74) is 11.6. The molecule has 2 aliphatic rings. The van der Waals surface area contributed by atoms with Crippen LogP contribution in [0, 0.1) is 0 Å². The molecule has 0 amide bonds. The Morgan fingerprint density at radius 1 is 0.578 bits per heavy atom. The van der Waals surface area contributed by atoms with Crippen LogP contribution in [0.2, 0.25) is 0 Å². The second-order valence-electron chi connectivity index (χ2n) is 12.1. The topological polar surface area (TPSA) is 8.17 Å². The van der Waals surface area contributed by atoms with Gasteiger partial charge in [-0.3, -0.25) is 0 Å². The maximum atomic E-state index is 2.57. The number of nitrogens with zero attached hydrogens (tertiary/aromatic N) is 2. The zero-order chi connectivity index (χ0) is 29.5. The molecule has 45 heavy (non-hydrogen) atoms. The van der Waals surface area contributed by atoms with Gasteiger partial charge in [0, 0.05) is 54.1 Å². The second kappa shape index (κ2) is 9.56. The average Bonchev–Trinajstić information content (AvgIpc) is 3.76. The molecule has 1 aliphatic carbocycles. The molecular weight excluding hydrogens is 565 g/mol. The highest BCUT2D eigenvalue weighted by molar-refractivity contribution is 7.26. The quantitative estimate of drug-likeness (QED) is 0.198. The molecule has 10 rings (SSSR count). The number of fused-ring (bicyclic) bond motifs is 10. The summed E-state index contributed by atoms with van der Waals surface area (Å²) >= 11 is 1.88. The monoisotopic (exact) mass is 592 g/mol. The Bertz CT molecular complexity index is 2450. The van der Waals surface area contributed by atoms with Crippen molar-refractivity contribution in [3.8, 4) is 16.8 Å². The number of para-hydroxylation sites is 3. The standard InChI is InChI=1S/C42H28N2S/c1-3-12-27(13-4-1)30-18-11-21-39-40(30)35-26-29(22-25-38(35)45-39)44-37-20-10-8-17-32(37)34-24-23-33-31-16-7-9-19-36(31)43(41(33)42(34)44)28-14-5-2-6-15-28/h1-26,33,41H. The van der Waals surface area contributed by atoms with E-state index in [1.807, 2.05) is 11.3 Å². The molecule has 0 fully saturated rings. The summed E-state index contributed by atoms with van der Waals surface area (Å²) in [5, 5.41) is 3.95. The van der Waals surface area contributed by atoms with E-state index in [1.54, 1.807) is 0 Å². The third kappa shape index (κ3) is 3.56. The minimum atomic E-state index is 0.131. The zero-order valence-electron chi connectivity index (χ0n) is 24.5. The van der Waals surface area contributed by atoms with E-state index in [9.17, 15) is 0 Å². The van der Waals surface area contributed by atoms with Gasteiger partial charge in [0.1, 0.15) is 0 Å². The first-order chi connectivity index (χ1) is 22.3. The number of thiophene rings is 1. The van der Waals surface area contributed by atoms with E-state index in [0.29, 0.717) is 0 Å². The first kappa shape index (κ1) is 25.0. The van der Waals surface area contributed by atoms with Gasteiger partial charge in [-0.05, 0) is 65.2 Å². The van der Waals surface area contributed by atoms with Crippen LogP contribution in [0.1, 0.15) is 28.8 Å². The molecule has 2 atom stereocenters. The maximum absolute atomic E-state index is 2.57. The molecule has 3 heterocycles. The Labute approximate surface area is 265 Å². The SMILES string of the molecule is C1=CC2c3ccccc3N(c3ccccc3)C2c2c1c1ccccc1n2-c1ccc2sc3cccc(-c4ccccc4)c3c2c1. The lowest BCUT2D eigenvalue weighted by molar-refractivity contribution is 0.636. The van der Waals surface area contributed by atoms with Crippen LogP contribution < -0.4 is 4.90 Å². The Hall–Kier alpha value is -5.38. The Kier molecular flexibility index (Phi) is 5.31. The van der Waals surface area contributed by atoms with Gasteiger partial charge < -0.3 is 9.47 Å². The fraction of sp³-hybridized carbons (Fsp3) is 0.0476. The second-order valence-corrected chi connectivity index (χ2v) is 13.2. The van der Waals surface area contributed by atoms with E-state index in [2.05, 4.69) is 167 Å². The third-order valence-corrected chi connectivity index (χ3v) is 10.9. The van der Waals surface area contributed by atoms with Crippen molar-refractivity contribution in [2.45, 2.75) is 12.0 Å². The van der Waals surface area contributed by atoms with Crippen LogP contribution in [0.15, 0.2) is 152 Å². The summed E-state index contributed by atoms with van der Waals surface area (Å²) in [6, 6.07) is 53.6. The van der Waals surface area contributed by atoms with Gasteiger partial charge in [0.25, 0.3) is 0 Å². The normalized spacial score (nSPS) is 16.8. The number of hydrogen-bond acceptors (Lipinski definition) is 2. The Balaban J connectivity index is 1.26. The molecule has 0 saturated carbocycles. The highest BCUT2D eigenvalue weighted by Crippen LogP contribution is 2.57. The van der Waals surface area contributed by atoms with Gasteiger partial charge in [0.2, 0.25) is 0 Å². The molecule has 8 aromatic rings. The maximum Gasteiger partial charge on any atom is 0.0856 e. The van der Waals surface area contributed by atoms with E-state index in [4.69, 9.17) is 0 Å². The van der Waals surface area contributed by atoms with Crippen LogP contribution in [-0.2, 0) is 0 Å². The fourth-order valence-corrected chi connectivity index (χ4v) is 9.01. The summed E-state index contributed by atoms with van der Waals surface area (Å²) < 4.78 is 5.20. The molecule has 212 valence electrons. The van der Waals surface area contributed by atoms with Gasteiger partial charge in [-0.1, -0.05) is 109 Å². The zero-order valence-corrected chi connectivity index (χ0v) is 25.3. The lowest BCUT2D eigenvalue weighted by atomic mass is 9.86. The van der Waals surface area contributed by atoms with E-state index in [-0.39, 0.29) is 12.0 Å². The van der Waals surface area contributed by atoms with Crippen LogP contribution in [0.3, 0.4) is 0 Å². The van der Waals surface area contributed by atoms with Crippen LogP contribution in [0.4, 0.5) is 11.4 Å². The van der Waals surface area contributed by atoms with Crippen molar-refractivity contribution in [1.82, 2.24) is 4.57 Å². The van der Waals surface area contributed by atoms with Gasteiger partial charge in [-0.25, -0.2) is 0 Å². The summed E-state index contributed by atoms with van der Waals surface area (Å²) in [4.78, 5) is 2.57. The average molecular weight is 593 g/mol. The summed E-state index contributed by atoms with van der Waals surface area (Å²) in [7, 11) is 0. The highest BCUT2D eigenvalue weighted by atomic mass is 32.1. The molecule has 0 saturated heterocycles. The van der Waals surface area contributed by atoms with Crippen molar-refractivity contribution in [3.63, 3.8) is 0 Å². The largest absolute Gasteiger partial charge is 0.331 e. The summed E-state index contributed by atoms with van der Waals surface area (Å²) in [5.74, 6) is 0.257. The first-order valence-electron chi connectivity index (χ1n) is 15.6. The van der Waals surface area contributed by atoms with Crippen LogP contribution in [0.25, 0.3) is 54.0 Å². The van der Waals surface area contributed by atoms with Crippen molar-refractivity contribution >= 4 is 59.9 Å². The van der Waals surface area contributed by atoms with Crippen LogP contribution >= 0.6 is 11.3 Å². The van der Waals surface area contributed by atoms with Gasteiger partial charge in [0.15, 0.2) is 0 Å². The molecule has 0 radical (unpaired) electrons. The van der Waals surface area contributed by atoms with Crippen molar-refractivity contribution < 1.29 is 0 Å². The van der Waals surface area contributed by atoms with Gasteiger partial charge in [0.05, 0.1) is 17.3 Å². The van der Waals surface area contributed by atoms with Crippen LogP contribution in [-0.4, -0.2) is 4.57 Å². The molecule has 1 aliphatic heterocycles. The molecular formula is C42H28N2S. The van der Waals surface area contributed by atoms with E-state index in [0.717, 1.165) is 0 Å². The minimum Gasteiger partial charge on any atom is -0.331 e. The van der Waals surface area contributed by atoms with E-state index in [1.165, 1.54) is 76.1 Å². The lowest BCUT2D eigenvalue weighted by Crippen LogP contribution is -2.26. The van der Waals surface area contributed by atoms with Crippen molar-refractivity contribution in [2.75, 3.05) is 4.90 Å². The number of hydrogen-bond donors (Lipinski definition) is 0. The molecule has 0 spiro atoms. The number of benzene rings is 6. The Morgan fingerprint density at radius 3 is 2.24 bits per heavy atom. The molecule has 2 aromatic heterocycles. The predicted octanol–water partition coefficient (Wildman–Crippen LogP) is 11.7. The van der Waals surface area contributed by atoms with E-state index < -0.39 is 0 Å². The van der Waals surface area contributed by atoms with Crippen molar-refractivity contribution in [1.29, 1.82) is 0 Å². The lowest BCUT2D eigenvalue weighted by Gasteiger charge is -2.33. The first-order valence-corrected chi connectivity index (χ1v) is 16.4. The number of rotatable bonds is 3. The van der Waals surface area contributed by atoms with Crippen LogP contribution in [0.5, 0.6) is 0 Å².